The van der Waals surface area contributed by atoms with Gasteiger partial charge < -0.3 is 5.32 Å². The molecule has 0 spiro atoms. The molecule has 1 aliphatic rings. The molecule has 1 heterocycles. The Hall–Kier alpha value is -1.05. The van der Waals surface area contributed by atoms with Gasteiger partial charge >= 0.3 is 0 Å². The van der Waals surface area contributed by atoms with Gasteiger partial charge in [-0.2, -0.15) is 0 Å². The van der Waals surface area contributed by atoms with Crippen LogP contribution in [0, 0.1) is 11.6 Å². The number of hydrogen-bond acceptors (Lipinski definition) is 3. The van der Waals surface area contributed by atoms with Gasteiger partial charge in [-0.3, -0.25) is 0 Å². The van der Waals surface area contributed by atoms with Gasteiger partial charge in [-0.1, -0.05) is 0 Å². The zero-order valence-corrected chi connectivity index (χ0v) is 11.3. The summed E-state index contributed by atoms with van der Waals surface area (Å²) in [7, 11) is -3.83. The zero-order valence-electron chi connectivity index (χ0n) is 10.5. The highest BCUT2D eigenvalue weighted by Gasteiger charge is 2.26. The fraction of sp³-hybridized carbons (Fsp3) is 0.500. The molecule has 2 N–H and O–H groups in total. The van der Waals surface area contributed by atoms with Crippen molar-refractivity contribution in [1.29, 1.82) is 0 Å². The summed E-state index contributed by atoms with van der Waals surface area (Å²) in [6.45, 7) is 2.74. The first kappa shape index (κ1) is 14.4. The van der Waals surface area contributed by atoms with Gasteiger partial charge in [0.1, 0.15) is 0 Å². The van der Waals surface area contributed by atoms with E-state index in [0.717, 1.165) is 31.5 Å². The van der Waals surface area contributed by atoms with Crippen LogP contribution in [0.3, 0.4) is 0 Å². The first-order valence-corrected chi connectivity index (χ1v) is 7.59. The van der Waals surface area contributed by atoms with E-state index in [1.54, 1.807) is 0 Å². The van der Waals surface area contributed by atoms with Crippen molar-refractivity contribution in [3.63, 3.8) is 0 Å². The third-order valence-corrected chi connectivity index (χ3v) is 4.76. The Morgan fingerprint density at radius 2 is 2.05 bits per heavy atom. The second-order valence-corrected chi connectivity index (χ2v) is 6.40. The second-order valence-electron chi connectivity index (χ2n) is 4.69. The lowest BCUT2D eigenvalue weighted by Crippen LogP contribution is -2.51. The van der Waals surface area contributed by atoms with Gasteiger partial charge in [0, 0.05) is 12.1 Å². The highest BCUT2D eigenvalue weighted by Crippen LogP contribution is 2.16. The molecule has 4 nitrogen and oxygen atoms in total. The highest BCUT2D eigenvalue weighted by atomic mass is 32.2. The van der Waals surface area contributed by atoms with Crippen LogP contribution in [0.1, 0.15) is 19.8 Å². The Bertz CT molecular complexity index is 563. The number of piperidine rings is 1. The van der Waals surface area contributed by atoms with Crippen molar-refractivity contribution in [2.75, 3.05) is 6.54 Å². The monoisotopic (exact) mass is 290 g/mol. The largest absolute Gasteiger partial charge is 0.313 e. The Morgan fingerprint density at radius 3 is 2.68 bits per heavy atom. The molecule has 1 saturated heterocycles. The molecule has 2 atom stereocenters. The van der Waals surface area contributed by atoms with Crippen molar-refractivity contribution in [2.24, 2.45) is 0 Å². The van der Waals surface area contributed by atoms with Gasteiger partial charge in [0.25, 0.3) is 0 Å². The summed E-state index contributed by atoms with van der Waals surface area (Å²) in [6, 6.07) is 2.33. The molecule has 0 saturated carbocycles. The topological polar surface area (TPSA) is 58.2 Å². The van der Waals surface area contributed by atoms with Gasteiger partial charge in [-0.25, -0.2) is 21.9 Å². The highest BCUT2D eigenvalue weighted by molar-refractivity contribution is 7.89. The minimum atomic E-state index is -3.83. The Labute approximate surface area is 111 Å². The van der Waals surface area contributed by atoms with Crippen molar-refractivity contribution in [3.05, 3.63) is 29.8 Å². The van der Waals surface area contributed by atoms with Crippen molar-refractivity contribution in [2.45, 2.75) is 36.7 Å². The van der Waals surface area contributed by atoms with E-state index >= 15 is 0 Å². The maximum absolute atomic E-state index is 13.1. The van der Waals surface area contributed by atoms with Crippen LogP contribution in [0.15, 0.2) is 23.1 Å². The van der Waals surface area contributed by atoms with Gasteiger partial charge in [0.15, 0.2) is 11.6 Å². The lowest BCUT2D eigenvalue weighted by molar-refractivity contribution is 0.348. The van der Waals surface area contributed by atoms with Crippen LogP contribution in [0.4, 0.5) is 8.78 Å². The SMILES string of the molecule is C[C@H]1NCCC[C@@H]1NS(=O)(=O)c1ccc(F)c(F)c1. The summed E-state index contributed by atoms with van der Waals surface area (Å²) in [5.41, 5.74) is 0. The third kappa shape index (κ3) is 3.29. The van der Waals surface area contributed by atoms with Gasteiger partial charge in [0.2, 0.25) is 10.0 Å². The van der Waals surface area contributed by atoms with Crippen LogP contribution < -0.4 is 10.0 Å². The maximum atomic E-state index is 13.1. The van der Waals surface area contributed by atoms with E-state index in [9.17, 15) is 17.2 Å². The molecule has 0 bridgehead atoms. The quantitative estimate of drug-likeness (QED) is 0.884. The van der Waals surface area contributed by atoms with Crippen LogP contribution in [-0.2, 0) is 10.0 Å². The molecule has 0 aromatic heterocycles. The molecule has 0 amide bonds. The van der Waals surface area contributed by atoms with Crippen molar-refractivity contribution >= 4 is 10.0 Å². The summed E-state index contributed by atoms with van der Waals surface area (Å²) in [5.74, 6) is -2.23. The molecule has 19 heavy (non-hydrogen) atoms. The molecule has 0 aliphatic carbocycles. The Balaban J connectivity index is 2.19. The van der Waals surface area contributed by atoms with Crippen molar-refractivity contribution in [1.82, 2.24) is 10.0 Å². The predicted molar refractivity (Wildman–Crippen MR) is 67.2 cm³/mol. The molecule has 1 aliphatic heterocycles. The molecule has 2 rings (SSSR count). The van der Waals surface area contributed by atoms with Crippen LogP contribution in [0.25, 0.3) is 0 Å². The first-order chi connectivity index (χ1) is 8.90. The fourth-order valence-corrected chi connectivity index (χ4v) is 3.48. The van der Waals surface area contributed by atoms with Gasteiger partial charge in [0.05, 0.1) is 4.90 Å². The molecule has 1 aromatic rings. The number of sulfonamides is 1. The maximum Gasteiger partial charge on any atom is 0.240 e. The normalized spacial score (nSPS) is 24.4. The van der Waals surface area contributed by atoms with E-state index in [1.165, 1.54) is 0 Å². The number of benzene rings is 1. The van der Waals surface area contributed by atoms with Gasteiger partial charge in [-0.05, 0) is 44.5 Å². The molecular weight excluding hydrogens is 274 g/mol. The Kier molecular flexibility index (Phi) is 4.17. The molecule has 0 radical (unpaired) electrons. The summed E-state index contributed by atoms with van der Waals surface area (Å²) in [6.07, 6.45) is 1.59. The van der Waals surface area contributed by atoms with E-state index < -0.39 is 21.7 Å². The molecule has 1 aromatic carbocycles. The lowest BCUT2D eigenvalue weighted by Gasteiger charge is -2.30. The Morgan fingerprint density at radius 1 is 1.32 bits per heavy atom. The number of rotatable bonds is 3. The number of hydrogen-bond donors (Lipinski definition) is 2. The van der Waals surface area contributed by atoms with E-state index in [2.05, 4.69) is 10.0 Å². The number of halogens is 2. The lowest BCUT2D eigenvalue weighted by atomic mass is 10.0. The van der Waals surface area contributed by atoms with Crippen molar-refractivity contribution in [3.8, 4) is 0 Å². The van der Waals surface area contributed by atoms with E-state index in [1.807, 2.05) is 6.92 Å². The fourth-order valence-electron chi connectivity index (χ4n) is 2.12. The zero-order chi connectivity index (χ0) is 14.0. The summed E-state index contributed by atoms with van der Waals surface area (Å²) < 4.78 is 52.6. The average Bonchev–Trinajstić information content (AvgIpc) is 2.35. The smallest absolute Gasteiger partial charge is 0.240 e. The van der Waals surface area contributed by atoms with Crippen molar-refractivity contribution < 1.29 is 17.2 Å². The predicted octanol–water partition coefficient (Wildman–Crippen LogP) is 1.38. The molecule has 0 unspecified atom stereocenters. The molecule has 106 valence electrons. The van der Waals surface area contributed by atoms with Crippen LogP contribution in [-0.4, -0.2) is 27.0 Å². The first-order valence-electron chi connectivity index (χ1n) is 6.11. The van der Waals surface area contributed by atoms with E-state index in [4.69, 9.17) is 0 Å². The third-order valence-electron chi connectivity index (χ3n) is 3.27. The van der Waals surface area contributed by atoms with Crippen LogP contribution >= 0.6 is 0 Å². The molecule has 1 fully saturated rings. The van der Waals surface area contributed by atoms with E-state index in [-0.39, 0.29) is 17.0 Å². The standard InChI is InChI=1S/C12H16F2N2O2S/c1-8-12(3-2-6-15-8)16-19(17,18)9-4-5-10(13)11(14)7-9/h4-5,7-8,12,15-16H,2-3,6H2,1H3/t8-,12+/m1/s1. The minimum Gasteiger partial charge on any atom is -0.313 e. The summed E-state index contributed by atoms with van der Waals surface area (Å²) in [4.78, 5) is -0.260. The minimum absolute atomic E-state index is 0.00817. The van der Waals surface area contributed by atoms with Crippen LogP contribution in [0.2, 0.25) is 0 Å². The molecular formula is C12H16F2N2O2S. The summed E-state index contributed by atoms with van der Waals surface area (Å²) in [5, 5.41) is 3.17. The van der Waals surface area contributed by atoms with Crippen LogP contribution in [0.5, 0.6) is 0 Å². The van der Waals surface area contributed by atoms with E-state index in [0.29, 0.717) is 6.07 Å². The average molecular weight is 290 g/mol. The second kappa shape index (κ2) is 5.52. The van der Waals surface area contributed by atoms with Gasteiger partial charge in [-0.15, -0.1) is 0 Å². The molecule has 7 heteroatoms. The summed E-state index contributed by atoms with van der Waals surface area (Å²) >= 11 is 0. The number of nitrogens with one attached hydrogen (secondary N) is 2.